The molecule has 0 spiro atoms. The van der Waals surface area contributed by atoms with Gasteiger partial charge < -0.3 is 5.32 Å². The van der Waals surface area contributed by atoms with Gasteiger partial charge in [0.15, 0.2) is 0 Å². The number of benzene rings is 2. The van der Waals surface area contributed by atoms with Gasteiger partial charge in [-0.3, -0.25) is 4.98 Å². The predicted molar refractivity (Wildman–Crippen MR) is 118 cm³/mol. The van der Waals surface area contributed by atoms with Crippen molar-refractivity contribution in [1.82, 2.24) is 4.98 Å². The van der Waals surface area contributed by atoms with Gasteiger partial charge in [0.25, 0.3) is 0 Å². The third-order valence-electron chi connectivity index (χ3n) is 5.58. The topological polar surface area (TPSA) is 55.7 Å². The van der Waals surface area contributed by atoms with Crippen LogP contribution in [-0.2, 0) is 13.0 Å². The minimum atomic E-state index is 0.602. The summed E-state index contributed by atoms with van der Waals surface area (Å²) in [5.74, 6) is 1.68. The fourth-order valence-electron chi connectivity index (χ4n) is 3.97. The van der Waals surface area contributed by atoms with E-state index in [4.69, 9.17) is 0 Å². The first-order valence-electron chi connectivity index (χ1n) is 10.3. The molecule has 4 nitrogen and oxygen atoms in total. The van der Waals surface area contributed by atoms with E-state index in [0.29, 0.717) is 5.92 Å². The quantitative estimate of drug-likeness (QED) is 0.445. The molecule has 2 N–H and O–H groups in total. The standard InChI is InChI=1S/C25H26N4/c1-17(2)13-14-20-18(3)21(15-26)25-28-22-11-7-8-12-23(22)29(25)24(20)27-16-19-9-5-4-6-10-19/h4-12,17H,13-14,16H2,1-3H3,(H,27,28)/p+1. The molecule has 4 aromatic rings. The SMILES string of the molecule is Cc1c(CCC(C)C)c(NCc2ccccc2)[n+]2c([nH]c3ccccc32)c1C#N. The van der Waals surface area contributed by atoms with Crippen LogP contribution in [0.3, 0.4) is 0 Å². The first-order valence-corrected chi connectivity index (χ1v) is 10.3. The Morgan fingerprint density at radius 1 is 1.07 bits per heavy atom. The molecule has 4 heteroatoms. The van der Waals surface area contributed by atoms with Crippen LogP contribution in [0.15, 0.2) is 54.6 Å². The summed E-state index contributed by atoms with van der Waals surface area (Å²) in [5.41, 5.74) is 7.23. The highest BCUT2D eigenvalue weighted by molar-refractivity contribution is 5.78. The summed E-state index contributed by atoms with van der Waals surface area (Å²) in [6, 6.07) is 21.1. The van der Waals surface area contributed by atoms with Crippen molar-refractivity contribution in [2.75, 3.05) is 5.32 Å². The molecule has 0 aliphatic carbocycles. The molecule has 0 fully saturated rings. The first kappa shape index (κ1) is 19.0. The summed E-state index contributed by atoms with van der Waals surface area (Å²) < 4.78 is 2.19. The van der Waals surface area contributed by atoms with Crippen LogP contribution in [0.5, 0.6) is 0 Å². The van der Waals surface area contributed by atoms with Gasteiger partial charge in [0, 0.05) is 5.56 Å². The Hall–Kier alpha value is -3.32. The molecule has 0 radical (unpaired) electrons. The minimum Gasteiger partial charge on any atom is -0.301 e. The van der Waals surface area contributed by atoms with Crippen LogP contribution in [0.2, 0.25) is 0 Å². The number of aromatic amines is 1. The lowest BCUT2D eigenvalue weighted by atomic mass is 9.96. The second-order valence-corrected chi connectivity index (χ2v) is 8.04. The van der Waals surface area contributed by atoms with E-state index in [1.165, 1.54) is 11.1 Å². The Morgan fingerprint density at radius 3 is 2.52 bits per heavy atom. The zero-order valence-corrected chi connectivity index (χ0v) is 17.3. The van der Waals surface area contributed by atoms with Crippen molar-refractivity contribution >= 4 is 22.5 Å². The summed E-state index contributed by atoms with van der Waals surface area (Å²) in [6.45, 7) is 7.31. The highest BCUT2D eigenvalue weighted by Gasteiger charge is 2.25. The van der Waals surface area contributed by atoms with Crippen molar-refractivity contribution in [3.63, 3.8) is 0 Å². The first-order chi connectivity index (χ1) is 14.1. The number of nitriles is 1. The van der Waals surface area contributed by atoms with Gasteiger partial charge in [-0.25, -0.2) is 0 Å². The lowest BCUT2D eigenvalue weighted by molar-refractivity contribution is -0.465. The molecular formula is C25H27N4+. The van der Waals surface area contributed by atoms with Gasteiger partial charge in [0.2, 0.25) is 11.5 Å². The summed E-state index contributed by atoms with van der Waals surface area (Å²) in [7, 11) is 0. The molecular weight excluding hydrogens is 356 g/mol. The largest absolute Gasteiger partial charge is 0.301 e. The van der Waals surface area contributed by atoms with Gasteiger partial charge >= 0.3 is 0 Å². The van der Waals surface area contributed by atoms with Gasteiger partial charge in [-0.1, -0.05) is 56.3 Å². The van der Waals surface area contributed by atoms with E-state index >= 15 is 0 Å². The predicted octanol–water partition coefficient (Wildman–Crippen LogP) is 5.29. The Labute approximate surface area is 171 Å². The van der Waals surface area contributed by atoms with Gasteiger partial charge in [-0.15, -0.1) is 0 Å². The maximum atomic E-state index is 9.94. The van der Waals surface area contributed by atoms with E-state index in [1.807, 2.05) is 18.2 Å². The molecule has 146 valence electrons. The highest BCUT2D eigenvalue weighted by Crippen LogP contribution is 2.27. The zero-order chi connectivity index (χ0) is 20.4. The van der Waals surface area contributed by atoms with Crippen LogP contribution in [0.4, 0.5) is 5.82 Å². The van der Waals surface area contributed by atoms with E-state index in [1.54, 1.807) is 0 Å². The lowest BCUT2D eigenvalue weighted by Gasteiger charge is -2.15. The summed E-state index contributed by atoms with van der Waals surface area (Å²) in [4.78, 5) is 3.47. The molecule has 2 aromatic carbocycles. The molecule has 0 saturated heterocycles. The fraction of sp³-hybridized carbons (Fsp3) is 0.280. The van der Waals surface area contributed by atoms with Crippen LogP contribution in [0, 0.1) is 24.2 Å². The number of rotatable bonds is 6. The van der Waals surface area contributed by atoms with Crippen LogP contribution < -0.4 is 9.72 Å². The number of H-pyrrole nitrogens is 1. The Kier molecular flexibility index (Phi) is 5.22. The van der Waals surface area contributed by atoms with Crippen molar-refractivity contribution in [3.05, 3.63) is 76.9 Å². The average Bonchev–Trinajstić information content (AvgIpc) is 3.11. The van der Waals surface area contributed by atoms with Gasteiger partial charge in [0.1, 0.15) is 22.7 Å². The van der Waals surface area contributed by atoms with Crippen LogP contribution in [-0.4, -0.2) is 4.98 Å². The lowest BCUT2D eigenvalue weighted by Crippen LogP contribution is -2.30. The second-order valence-electron chi connectivity index (χ2n) is 8.04. The number of imidazole rings is 1. The zero-order valence-electron chi connectivity index (χ0n) is 17.3. The second kappa shape index (κ2) is 7.97. The van der Waals surface area contributed by atoms with Crippen molar-refractivity contribution in [1.29, 1.82) is 5.26 Å². The van der Waals surface area contributed by atoms with Crippen molar-refractivity contribution in [2.24, 2.45) is 5.92 Å². The van der Waals surface area contributed by atoms with E-state index in [2.05, 4.69) is 77.9 Å². The number of nitrogens with zero attached hydrogens (tertiary/aromatic N) is 2. The van der Waals surface area contributed by atoms with E-state index in [-0.39, 0.29) is 0 Å². The third-order valence-corrected chi connectivity index (χ3v) is 5.58. The molecule has 4 rings (SSSR count). The number of hydrogen-bond donors (Lipinski definition) is 2. The molecule has 0 amide bonds. The summed E-state index contributed by atoms with van der Waals surface area (Å²) in [5, 5.41) is 13.6. The summed E-state index contributed by atoms with van der Waals surface area (Å²) >= 11 is 0. The van der Waals surface area contributed by atoms with Gasteiger partial charge in [0.05, 0.1) is 6.54 Å². The Bertz CT molecular complexity index is 1200. The van der Waals surface area contributed by atoms with Crippen molar-refractivity contribution < 1.29 is 4.40 Å². The number of para-hydroxylation sites is 2. The summed E-state index contributed by atoms with van der Waals surface area (Å²) in [6.07, 6.45) is 2.03. The minimum absolute atomic E-state index is 0.602. The molecule has 0 bridgehead atoms. The molecule has 29 heavy (non-hydrogen) atoms. The van der Waals surface area contributed by atoms with E-state index in [9.17, 15) is 5.26 Å². The number of nitrogens with one attached hydrogen (secondary N) is 2. The number of pyridine rings is 1. The molecule has 0 atom stereocenters. The van der Waals surface area contributed by atoms with E-state index < -0.39 is 0 Å². The Balaban J connectivity index is 1.95. The smallest absolute Gasteiger partial charge is 0.250 e. The van der Waals surface area contributed by atoms with E-state index in [0.717, 1.165) is 53.0 Å². The monoisotopic (exact) mass is 383 g/mol. The highest BCUT2D eigenvalue weighted by atomic mass is 15.1. The number of hydrogen-bond acceptors (Lipinski definition) is 2. The van der Waals surface area contributed by atoms with Crippen LogP contribution >= 0.6 is 0 Å². The normalized spacial score (nSPS) is 11.3. The molecule has 0 aliphatic heterocycles. The maximum absolute atomic E-state index is 9.94. The Morgan fingerprint density at radius 2 is 1.79 bits per heavy atom. The van der Waals surface area contributed by atoms with Gasteiger partial charge in [-0.2, -0.15) is 9.66 Å². The molecule has 2 aromatic heterocycles. The van der Waals surface area contributed by atoms with Crippen LogP contribution in [0.1, 0.15) is 42.5 Å². The maximum Gasteiger partial charge on any atom is 0.250 e. The van der Waals surface area contributed by atoms with Crippen molar-refractivity contribution in [2.45, 2.75) is 40.2 Å². The fourth-order valence-corrected chi connectivity index (χ4v) is 3.97. The van der Waals surface area contributed by atoms with Crippen molar-refractivity contribution in [3.8, 4) is 6.07 Å². The van der Waals surface area contributed by atoms with Gasteiger partial charge in [-0.05, 0) is 48.9 Å². The van der Waals surface area contributed by atoms with Crippen LogP contribution in [0.25, 0.3) is 16.7 Å². The third kappa shape index (κ3) is 3.56. The number of fused-ring (bicyclic) bond motifs is 3. The average molecular weight is 384 g/mol. The molecule has 0 unspecified atom stereocenters. The molecule has 0 aliphatic rings. The number of aromatic nitrogens is 2. The number of anilines is 1. The molecule has 0 saturated carbocycles. The molecule has 2 heterocycles.